The lowest BCUT2D eigenvalue weighted by Crippen LogP contribution is -2.39. The minimum absolute atomic E-state index is 0. The highest BCUT2D eigenvalue weighted by Gasteiger charge is 2.31. The molecule has 0 bridgehead atoms. The van der Waals surface area contributed by atoms with E-state index in [1.807, 2.05) is 4.68 Å². The van der Waals surface area contributed by atoms with E-state index in [0.717, 1.165) is 0 Å². The number of hydrogen-bond donors (Lipinski definition) is 2. The van der Waals surface area contributed by atoms with Crippen molar-refractivity contribution in [1.29, 1.82) is 0 Å². The second kappa shape index (κ2) is 6.88. The lowest BCUT2D eigenvalue weighted by Gasteiger charge is -2.16. The van der Waals surface area contributed by atoms with Crippen molar-refractivity contribution in [2.45, 2.75) is 31.8 Å². The molecule has 0 saturated heterocycles. The third kappa shape index (κ3) is 3.92. The largest absolute Gasteiger partial charge is 0.383 e. The maximum Gasteiger partial charge on any atom is 0.244 e. The van der Waals surface area contributed by atoms with E-state index in [1.54, 1.807) is 12.3 Å². The number of methoxy groups -OCH3 is 1. The van der Waals surface area contributed by atoms with E-state index in [1.165, 1.54) is 20.0 Å². The highest BCUT2D eigenvalue weighted by molar-refractivity contribution is 5.94. The normalized spacial score (nSPS) is 17.4. The van der Waals surface area contributed by atoms with Crippen LogP contribution in [-0.2, 0) is 9.53 Å². The van der Waals surface area contributed by atoms with Gasteiger partial charge in [0.1, 0.15) is 11.9 Å². The second-order valence-electron chi connectivity index (χ2n) is 4.79. The molecule has 6 nitrogen and oxygen atoms in total. The number of rotatable bonds is 6. The van der Waals surface area contributed by atoms with Gasteiger partial charge in [0.05, 0.1) is 18.8 Å². The average molecular weight is 289 g/mol. The van der Waals surface area contributed by atoms with Gasteiger partial charge in [-0.2, -0.15) is 5.10 Å². The molecular formula is C12H21ClN4O2. The fourth-order valence-electron chi connectivity index (χ4n) is 1.99. The van der Waals surface area contributed by atoms with Crippen molar-refractivity contribution >= 4 is 24.1 Å². The summed E-state index contributed by atoms with van der Waals surface area (Å²) in [6.07, 6.45) is 4.16. The van der Waals surface area contributed by atoms with Crippen LogP contribution in [0.15, 0.2) is 12.3 Å². The topological polar surface area (TPSA) is 82.2 Å². The molecule has 1 saturated carbocycles. The lowest BCUT2D eigenvalue weighted by atomic mass is 10.2. The number of nitrogens with zero attached hydrogens (tertiary/aromatic N) is 2. The molecule has 7 heteroatoms. The fraction of sp³-hybridized carbons (Fsp3) is 0.667. The summed E-state index contributed by atoms with van der Waals surface area (Å²) >= 11 is 0. The maximum absolute atomic E-state index is 11.8. The molecule has 2 atom stereocenters. The van der Waals surface area contributed by atoms with Crippen LogP contribution < -0.4 is 11.1 Å². The summed E-state index contributed by atoms with van der Waals surface area (Å²) in [5.41, 5.74) is 5.68. The van der Waals surface area contributed by atoms with Gasteiger partial charge in [0, 0.05) is 13.2 Å². The third-order valence-corrected chi connectivity index (χ3v) is 3.29. The molecule has 1 heterocycles. The molecule has 108 valence electrons. The zero-order chi connectivity index (χ0) is 13.1. The summed E-state index contributed by atoms with van der Waals surface area (Å²) < 4.78 is 6.72. The summed E-state index contributed by atoms with van der Waals surface area (Å²) in [6, 6.07) is 1.44. The van der Waals surface area contributed by atoms with Crippen molar-refractivity contribution in [3.63, 3.8) is 0 Å². The van der Waals surface area contributed by atoms with E-state index < -0.39 is 6.04 Å². The molecule has 3 N–H and O–H groups in total. The van der Waals surface area contributed by atoms with Gasteiger partial charge in [-0.15, -0.1) is 12.4 Å². The fourth-order valence-corrected chi connectivity index (χ4v) is 1.99. The van der Waals surface area contributed by atoms with E-state index in [2.05, 4.69) is 17.3 Å². The molecule has 1 fully saturated rings. The number of nitrogens with one attached hydrogen (secondary N) is 1. The van der Waals surface area contributed by atoms with E-state index in [0.29, 0.717) is 17.8 Å². The van der Waals surface area contributed by atoms with Crippen LogP contribution in [0, 0.1) is 5.92 Å². The van der Waals surface area contributed by atoms with Gasteiger partial charge in [-0.1, -0.05) is 0 Å². The summed E-state index contributed by atoms with van der Waals surface area (Å²) in [4.78, 5) is 11.8. The van der Waals surface area contributed by atoms with Gasteiger partial charge in [0.2, 0.25) is 5.91 Å². The Morgan fingerprint density at radius 1 is 1.68 bits per heavy atom. The number of anilines is 1. The monoisotopic (exact) mass is 288 g/mol. The number of ether oxygens (including phenoxy) is 1. The third-order valence-electron chi connectivity index (χ3n) is 3.29. The van der Waals surface area contributed by atoms with Crippen LogP contribution in [0.25, 0.3) is 0 Å². The molecule has 2 unspecified atom stereocenters. The molecule has 0 aromatic carbocycles. The Balaban J connectivity index is 0.00000180. The number of carbonyl (C=O) groups excluding carboxylic acids is 1. The second-order valence-corrected chi connectivity index (χ2v) is 4.79. The molecule has 1 aliphatic carbocycles. The van der Waals surface area contributed by atoms with Gasteiger partial charge in [-0.05, 0) is 25.7 Å². The Kier molecular flexibility index (Phi) is 5.78. The number of aromatic nitrogens is 2. The highest BCUT2D eigenvalue weighted by atomic mass is 35.5. The van der Waals surface area contributed by atoms with Crippen molar-refractivity contribution in [1.82, 2.24) is 9.78 Å². The molecule has 0 spiro atoms. The average Bonchev–Trinajstić information content (AvgIpc) is 3.09. The Hall–Kier alpha value is -1.11. The maximum atomic E-state index is 11.8. The quantitative estimate of drug-likeness (QED) is 0.824. The van der Waals surface area contributed by atoms with Crippen LogP contribution in [-0.4, -0.2) is 35.4 Å². The van der Waals surface area contributed by atoms with E-state index >= 15 is 0 Å². The zero-order valence-electron chi connectivity index (χ0n) is 11.2. The first-order valence-electron chi connectivity index (χ1n) is 6.22. The minimum atomic E-state index is -0.658. The number of amides is 1. The van der Waals surface area contributed by atoms with Crippen molar-refractivity contribution in [2.24, 2.45) is 11.7 Å². The predicted octanol–water partition coefficient (Wildman–Crippen LogP) is 1.19. The van der Waals surface area contributed by atoms with Crippen molar-refractivity contribution in [3.8, 4) is 0 Å². The Morgan fingerprint density at radius 2 is 2.37 bits per heavy atom. The number of halogens is 1. The van der Waals surface area contributed by atoms with Gasteiger partial charge in [-0.25, -0.2) is 4.68 Å². The summed E-state index contributed by atoms with van der Waals surface area (Å²) in [5.74, 6) is 1.13. The van der Waals surface area contributed by atoms with Crippen LogP contribution in [0.3, 0.4) is 0 Å². The first-order chi connectivity index (χ1) is 8.63. The van der Waals surface area contributed by atoms with Crippen LogP contribution in [0.1, 0.15) is 25.8 Å². The molecule has 19 heavy (non-hydrogen) atoms. The molecule has 1 aromatic rings. The van der Waals surface area contributed by atoms with Crippen molar-refractivity contribution in [2.75, 3.05) is 19.0 Å². The number of carbonyl (C=O) groups is 1. The molecule has 0 radical (unpaired) electrons. The molecule has 0 aliphatic heterocycles. The van der Waals surface area contributed by atoms with Gasteiger partial charge < -0.3 is 15.8 Å². The van der Waals surface area contributed by atoms with Crippen LogP contribution >= 0.6 is 12.4 Å². The van der Waals surface area contributed by atoms with Gasteiger partial charge in [0.15, 0.2) is 0 Å². The molecule has 1 amide bonds. The zero-order valence-corrected chi connectivity index (χ0v) is 12.0. The highest BCUT2D eigenvalue weighted by Crippen LogP contribution is 2.40. The summed E-state index contributed by atoms with van der Waals surface area (Å²) in [5, 5.41) is 7.06. The number of hydrogen-bond acceptors (Lipinski definition) is 4. The van der Waals surface area contributed by atoms with E-state index in [4.69, 9.17) is 10.5 Å². The van der Waals surface area contributed by atoms with E-state index in [9.17, 15) is 4.79 Å². The molecular weight excluding hydrogens is 268 g/mol. The summed E-state index contributed by atoms with van der Waals surface area (Å²) in [7, 11) is 1.52. The molecule has 2 rings (SSSR count). The first-order valence-corrected chi connectivity index (χ1v) is 6.22. The number of nitrogens with two attached hydrogens (primary N) is 1. The van der Waals surface area contributed by atoms with Gasteiger partial charge >= 0.3 is 0 Å². The Morgan fingerprint density at radius 3 is 2.95 bits per heavy atom. The first kappa shape index (κ1) is 15.9. The van der Waals surface area contributed by atoms with Crippen molar-refractivity contribution in [3.05, 3.63) is 12.3 Å². The van der Waals surface area contributed by atoms with Crippen molar-refractivity contribution < 1.29 is 9.53 Å². The van der Waals surface area contributed by atoms with E-state index in [-0.39, 0.29) is 24.9 Å². The van der Waals surface area contributed by atoms with Crippen LogP contribution in [0.4, 0.5) is 5.82 Å². The van der Waals surface area contributed by atoms with Gasteiger partial charge in [-0.3, -0.25) is 4.79 Å². The Bertz CT molecular complexity index is 420. The SMILES string of the molecule is COCC(N)C(=O)Nc1ccnn1C(C)C1CC1.Cl. The summed E-state index contributed by atoms with van der Waals surface area (Å²) in [6.45, 7) is 2.33. The standard InChI is InChI=1S/C12H20N4O2.ClH/c1-8(9-3-4-9)16-11(5-6-14-16)15-12(17)10(13)7-18-2;/h5-6,8-10H,3-4,7,13H2,1-2H3,(H,15,17);1H. The smallest absolute Gasteiger partial charge is 0.244 e. The Labute approximate surface area is 119 Å². The predicted molar refractivity (Wildman–Crippen MR) is 75.4 cm³/mol. The van der Waals surface area contributed by atoms with Gasteiger partial charge in [0.25, 0.3) is 0 Å². The van der Waals surface area contributed by atoms with Crippen LogP contribution in [0.5, 0.6) is 0 Å². The lowest BCUT2D eigenvalue weighted by molar-refractivity contribution is -0.118. The van der Waals surface area contributed by atoms with Crippen LogP contribution in [0.2, 0.25) is 0 Å². The molecule has 1 aromatic heterocycles. The minimum Gasteiger partial charge on any atom is -0.383 e. The molecule has 1 aliphatic rings.